The molecule has 0 aliphatic carbocycles. The average molecular weight is 619 g/mol. The third kappa shape index (κ3) is 7.19. The maximum Gasteiger partial charge on any atom is 0.254 e. The number of carbonyl (C=O) groups is 1. The molecular formula is C21H23I2N3O3. The van der Waals surface area contributed by atoms with E-state index >= 15 is 0 Å². The molecular weight excluding hydrogens is 596 g/mol. The summed E-state index contributed by atoms with van der Waals surface area (Å²) in [4.78, 5) is 14.1. The minimum Gasteiger partial charge on any atom is -0.487 e. The molecule has 1 amide bonds. The molecule has 3 rings (SSSR count). The number of hydrazone groups is 1. The fourth-order valence-corrected chi connectivity index (χ4v) is 5.05. The Hall–Kier alpha value is -1.24. The Labute approximate surface area is 198 Å². The SMILES string of the molecule is Cc1cccc(COc2c(I)cc(/C=N/NC(=O)CN3CCOCC3)cc2I)c1. The Morgan fingerprint density at radius 3 is 2.66 bits per heavy atom. The summed E-state index contributed by atoms with van der Waals surface area (Å²) in [5.74, 6) is 0.742. The third-order valence-corrected chi connectivity index (χ3v) is 5.96. The van der Waals surface area contributed by atoms with Crippen LogP contribution in [0.4, 0.5) is 0 Å². The number of hydrogen-bond donors (Lipinski definition) is 1. The van der Waals surface area contributed by atoms with Crippen LogP contribution in [0.15, 0.2) is 41.5 Å². The first-order chi connectivity index (χ1) is 14.0. The number of morpholine rings is 1. The van der Waals surface area contributed by atoms with Gasteiger partial charge >= 0.3 is 0 Å². The van der Waals surface area contributed by atoms with Crippen LogP contribution >= 0.6 is 45.2 Å². The molecule has 1 saturated heterocycles. The number of aryl methyl sites for hydroxylation is 1. The third-order valence-electron chi connectivity index (χ3n) is 4.36. The molecule has 6 nitrogen and oxygen atoms in total. The molecule has 0 atom stereocenters. The van der Waals surface area contributed by atoms with E-state index in [1.165, 1.54) is 5.56 Å². The molecule has 2 aromatic carbocycles. The van der Waals surface area contributed by atoms with Crippen LogP contribution in [0.5, 0.6) is 5.75 Å². The molecule has 0 spiro atoms. The fourth-order valence-electron chi connectivity index (χ4n) is 2.93. The molecule has 1 N–H and O–H groups in total. The summed E-state index contributed by atoms with van der Waals surface area (Å²) in [5, 5.41) is 4.09. The highest BCUT2D eigenvalue weighted by molar-refractivity contribution is 14.1. The molecule has 0 saturated carbocycles. The molecule has 8 heteroatoms. The smallest absolute Gasteiger partial charge is 0.254 e. The molecule has 1 heterocycles. The van der Waals surface area contributed by atoms with E-state index in [2.05, 4.69) is 85.7 Å². The molecule has 1 fully saturated rings. The van der Waals surface area contributed by atoms with Gasteiger partial charge in [-0.05, 0) is 75.4 Å². The van der Waals surface area contributed by atoms with Gasteiger partial charge in [0, 0.05) is 13.1 Å². The molecule has 0 bridgehead atoms. The molecule has 29 heavy (non-hydrogen) atoms. The van der Waals surface area contributed by atoms with Gasteiger partial charge in [0.05, 0.1) is 33.1 Å². The Morgan fingerprint density at radius 1 is 1.24 bits per heavy atom. The second-order valence-electron chi connectivity index (χ2n) is 6.77. The Kier molecular flexibility index (Phi) is 8.69. The van der Waals surface area contributed by atoms with Gasteiger partial charge in [0.15, 0.2) is 0 Å². The summed E-state index contributed by atoms with van der Waals surface area (Å²) < 4.78 is 13.3. The molecule has 0 radical (unpaired) electrons. The molecule has 1 aliphatic rings. The number of rotatable bonds is 7. The molecule has 0 aromatic heterocycles. The lowest BCUT2D eigenvalue weighted by Gasteiger charge is -2.25. The number of nitrogens with zero attached hydrogens (tertiary/aromatic N) is 2. The van der Waals surface area contributed by atoms with Crippen molar-refractivity contribution in [3.63, 3.8) is 0 Å². The number of ether oxygens (including phenoxy) is 2. The van der Waals surface area contributed by atoms with Crippen LogP contribution in [-0.4, -0.2) is 49.9 Å². The van der Waals surface area contributed by atoms with Gasteiger partial charge in [0.1, 0.15) is 12.4 Å². The van der Waals surface area contributed by atoms with Crippen LogP contribution in [0, 0.1) is 14.1 Å². The summed E-state index contributed by atoms with van der Waals surface area (Å²) in [6.45, 7) is 5.83. The average Bonchev–Trinajstić information content (AvgIpc) is 2.68. The minimum atomic E-state index is -0.120. The highest BCUT2D eigenvalue weighted by Crippen LogP contribution is 2.29. The first kappa shape index (κ1) is 22.4. The van der Waals surface area contributed by atoms with Gasteiger partial charge in [-0.15, -0.1) is 0 Å². The van der Waals surface area contributed by atoms with Crippen LogP contribution in [0.2, 0.25) is 0 Å². The molecule has 0 unspecified atom stereocenters. The number of nitrogens with one attached hydrogen (secondary N) is 1. The normalized spacial score (nSPS) is 14.9. The zero-order chi connectivity index (χ0) is 20.6. The Balaban J connectivity index is 1.55. The lowest BCUT2D eigenvalue weighted by molar-refractivity contribution is -0.123. The maximum atomic E-state index is 12.0. The van der Waals surface area contributed by atoms with Crippen molar-refractivity contribution in [1.82, 2.24) is 10.3 Å². The quantitative estimate of drug-likeness (QED) is 0.293. The van der Waals surface area contributed by atoms with Crippen molar-refractivity contribution in [2.24, 2.45) is 5.10 Å². The van der Waals surface area contributed by atoms with Gasteiger partial charge in [-0.1, -0.05) is 29.8 Å². The van der Waals surface area contributed by atoms with E-state index in [1.54, 1.807) is 6.21 Å². The second kappa shape index (κ2) is 11.2. The van der Waals surface area contributed by atoms with E-state index in [-0.39, 0.29) is 5.91 Å². The van der Waals surface area contributed by atoms with E-state index in [9.17, 15) is 4.79 Å². The Morgan fingerprint density at radius 2 is 1.97 bits per heavy atom. The van der Waals surface area contributed by atoms with Crippen LogP contribution < -0.4 is 10.2 Å². The minimum absolute atomic E-state index is 0.120. The van der Waals surface area contributed by atoms with Crippen LogP contribution in [0.1, 0.15) is 16.7 Å². The highest BCUT2D eigenvalue weighted by atomic mass is 127. The van der Waals surface area contributed by atoms with Crippen molar-refractivity contribution in [3.05, 3.63) is 60.2 Å². The number of hydrogen-bond acceptors (Lipinski definition) is 5. The van der Waals surface area contributed by atoms with Crippen LogP contribution in [0.3, 0.4) is 0 Å². The second-order valence-corrected chi connectivity index (χ2v) is 9.10. The van der Waals surface area contributed by atoms with Crippen molar-refractivity contribution in [1.29, 1.82) is 0 Å². The standard InChI is InChI=1S/C21H23I2N3O3/c1-15-3-2-4-16(9-15)14-29-21-18(22)10-17(11-19(21)23)12-24-25-20(27)13-26-5-7-28-8-6-26/h2-4,9-12H,5-8,13-14H2,1H3,(H,25,27)/b24-12+. The summed E-state index contributed by atoms with van der Waals surface area (Å²) in [6.07, 6.45) is 1.66. The lowest BCUT2D eigenvalue weighted by atomic mass is 10.1. The van der Waals surface area contributed by atoms with Gasteiger partial charge in [0.25, 0.3) is 5.91 Å². The molecule has 2 aromatic rings. The predicted octanol–water partition coefficient (Wildman–Crippen LogP) is 3.57. The van der Waals surface area contributed by atoms with Gasteiger partial charge in [-0.25, -0.2) is 5.43 Å². The van der Waals surface area contributed by atoms with E-state index < -0.39 is 0 Å². The van der Waals surface area contributed by atoms with E-state index in [1.807, 2.05) is 18.2 Å². The topological polar surface area (TPSA) is 63.2 Å². The molecule has 1 aliphatic heterocycles. The van der Waals surface area contributed by atoms with Crippen molar-refractivity contribution >= 4 is 57.3 Å². The number of carbonyl (C=O) groups excluding carboxylic acids is 1. The monoisotopic (exact) mass is 619 g/mol. The largest absolute Gasteiger partial charge is 0.487 e. The number of amides is 1. The van der Waals surface area contributed by atoms with E-state index in [0.29, 0.717) is 26.4 Å². The predicted molar refractivity (Wildman–Crippen MR) is 130 cm³/mol. The highest BCUT2D eigenvalue weighted by Gasteiger charge is 2.13. The lowest BCUT2D eigenvalue weighted by Crippen LogP contribution is -2.42. The summed E-state index contributed by atoms with van der Waals surface area (Å²) in [5.41, 5.74) is 5.87. The summed E-state index contributed by atoms with van der Waals surface area (Å²) in [7, 11) is 0. The fraction of sp³-hybridized carbons (Fsp3) is 0.333. The van der Waals surface area contributed by atoms with Crippen LogP contribution in [-0.2, 0) is 16.1 Å². The van der Waals surface area contributed by atoms with Crippen molar-refractivity contribution < 1.29 is 14.3 Å². The Bertz CT molecular complexity index is 860. The maximum absolute atomic E-state index is 12.0. The van der Waals surface area contributed by atoms with Gasteiger partial charge in [-0.3, -0.25) is 9.69 Å². The first-order valence-corrected chi connectivity index (χ1v) is 11.5. The molecule has 154 valence electrons. The van der Waals surface area contributed by atoms with Crippen molar-refractivity contribution in [3.8, 4) is 5.75 Å². The first-order valence-electron chi connectivity index (χ1n) is 9.30. The van der Waals surface area contributed by atoms with E-state index in [0.717, 1.165) is 37.1 Å². The van der Waals surface area contributed by atoms with E-state index in [4.69, 9.17) is 9.47 Å². The van der Waals surface area contributed by atoms with Gasteiger partial charge in [-0.2, -0.15) is 5.10 Å². The van der Waals surface area contributed by atoms with Crippen LogP contribution in [0.25, 0.3) is 0 Å². The summed E-state index contributed by atoms with van der Waals surface area (Å²) in [6, 6.07) is 12.3. The zero-order valence-electron chi connectivity index (χ0n) is 16.2. The summed E-state index contributed by atoms with van der Waals surface area (Å²) >= 11 is 4.53. The van der Waals surface area contributed by atoms with Crippen molar-refractivity contribution in [2.45, 2.75) is 13.5 Å². The van der Waals surface area contributed by atoms with Gasteiger partial charge in [0.2, 0.25) is 0 Å². The van der Waals surface area contributed by atoms with Crippen molar-refractivity contribution in [2.75, 3.05) is 32.8 Å². The number of halogens is 2. The zero-order valence-corrected chi connectivity index (χ0v) is 20.5. The van der Waals surface area contributed by atoms with Gasteiger partial charge < -0.3 is 9.47 Å². The number of benzene rings is 2.